The zero-order valence-corrected chi connectivity index (χ0v) is 19.5. The van der Waals surface area contributed by atoms with Gasteiger partial charge in [0.05, 0.1) is 10.6 Å². The maximum Gasteiger partial charge on any atom is 0.264 e. The molecule has 4 rings (SSSR count). The van der Waals surface area contributed by atoms with E-state index in [4.69, 9.17) is 0 Å². The molecule has 0 saturated heterocycles. The SMILES string of the molecule is Cc1ccc(S(=O)(=O)N(CC(=O)N2CCCc3ccccc32)c2ccc(C)c(C)c2)cc1. The summed E-state index contributed by atoms with van der Waals surface area (Å²) in [6, 6.07) is 20.1. The standard InChI is InChI=1S/C26H28N2O3S/c1-19-10-14-24(15-11-19)32(30,31)28(23-13-12-20(2)21(3)17-23)18-26(29)27-16-6-8-22-7-4-5-9-25(22)27/h4-5,7,9-15,17H,6,8,16,18H2,1-3H3. The van der Waals surface area contributed by atoms with Crippen molar-refractivity contribution in [2.24, 2.45) is 0 Å². The van der Waals surface area contributed by atoms with Crippen molar-refractivity contribution in [2.75, 3.05) is 22.3 Å². The molecule has 1 aliphatic rings. The second kappa shape index (κ2) is 8.79. The van der Waals surface area contributed by atoms with Crippen molar-refractivity contribution in [3.8, 4) is 0 Å². The molecule has 3 aromatic rings. The molecule has 0 N–H and O–H groups in total. The lowest BCUT2D eigenvalue weighted by molar-refractivity contribution is -0.117. The van der Waals surface area contributed by atoms with Gasteiger partial charge in [-0.1, -0.05) is 42.0 Å². The van der Waals surface area contributed by atoms with Crippen LogP contribution in [0, 0.1) is 20.8 Å². The van der Waals surface area contributed by atoms with Crippen molar-refractivity contribution >= 4 is 27.3 Å². The van der Waals surface area contributed by atoms with Crippen LogP contribution < -0.4 is 9.21 Å². The number of hydrogen-bond donors (Lipinski definition) is 0. The van der Waals surface area contributed by atoms with Crippen LogP contribution in [0.3, 0.4) is 0 Å². The van der Waals surface area contributed by atoms with Gasteiger partial charge in [-0.25, -0.2) is 8.42 Å². The van der Waals surface area contributed by atoms with Gasteiger partial charge < -0.3 is 4.90 Å². The highest BCUT2D eigenvalue weighted by Gasteiger charge is 2.31. The van der Waals surface area contributed by atoms with Crippen molar-refractivity contribution in [1.29, 1.82) is 0 Å². The molecule has 0 unspecified atom stereocenters. The second-order valence-corrected chi connectivity index (χ2v) is 10.2. The third-order valence-electron chi connectivity index (χ3n) is 6.08. The van der Waals surface area contributed by atoms with E-state index in [1.54, 1.807) is 35.2 Å². The molecule has 6 heteroatoms. The Bertz CT molecular complexity index is 1250. The van der Waals surface area contributed by atoms with Crippen LogP contribution in [-0.2, 0) is 21.2 Å². The van der Waals surface area contributed by atoms with Crippen molar-refractivity contribution < 1.29 is 13.2 Å². The fraction of sp³-hybridized carbons (Fsp3) is 0.269. The summed E-state index contributed by atoms with van der Waals surface area (Å²) in [6.45, 7) is 6.16. The number of hydrogen-bond acceptors (Lipinski definition) is 3. The minimum Gasteiger partial charge on any atom is -0.311 e. The predicted molar refractivity (Wildman–Crippen MR) is 129 cm³/mol. The van der Waals surface area contributed by atoms with Gasteiger partial charge in [0.2, 0.25) is 5.91 Å². The molecule has 0 aromatic heterocycles. The normalized spacial score (nSPS) is 13.5. The summed E-state index contributed by atoms with van der Waals surface area (Å²) in [5.74, 6) is -0.230. The predicted octanol–water partition coefficient (Wildman–Crippen LogP) is 4.79. The number of benzene rings is 3. The number of aryl methyl sites for hydroxylation is 4. The van der Waals surface area contributed by atoms with E-state index in [0.717, 1.165) is 40.8 Å². The number of carbonyl (C=O) groups excluding carboxylic acids is 1. The first-order chi connectivity index (χ1) is 15.3. The Morgan fingerprint density at radius 1 is 0.938 bits per heavy atom. The summed E-state index contributed by atoms with van der Waals surface area (Å²) in [4.78, 5) is 15.3. The maximum atomic E-state index is 13.7. The van der Waals surface area contributed by atoms with Crippen molar-refractivity contribution in [3.05, 3.63) is 89.0 Å². The number of fused-ring (bicyclic) bond motifs is 1. The van der Waals surface area contributed by atoms with E-state index in [1.165, 1.54) is 4.31 Å². The number of rotatable bonds is 5. The molecule has 32 heavy (non-hydrogen) atoms. The molecular weight excluding hydrogens is 420 g/mol. The summed E-state index contributed by atoms with van der Waals surface area (Å²) in [5, 5.41) is 0. The molecule has 1 amide bonds. The quantitative estimate of drug-likeness (QED) is 0.564. The average molecular weight is 449 g/mol. The van der Waals surface area contributed by atoms with Gasteiger partial charge in [-0.2, -0.15) is 0 Å². The number of nitrogens with zero attached hydrogens (tertiary/aromatic N) is 2. The molecular formula is C26H28N2O3S. The highest BCUT2D eigenvalue weighted by Crippen LogP contribution is 2.29. The van der Waals surface area contributed by atoms with Gasteiger partial charge in [0.15, 0.2) is 0 Å². The van der Waals surface area contributed by atoms with Crippen molar-refractivity contribution in [2.45, 2.75) is 38.5 Å². The molecule has 0 spiro atoms. The summed E-state index contributed by atoms with van der Waals surface area (Å²) in [5.41, 5.74) is 5.50. The molecule has 0 aliphatic carbocycles. The van der Waals surface area contributed by atoms with Crippen LogP contribution in [0.1, 0.15) is 28.7 Å². The van der Waals surface area contributed by atoms with Gasteiger partial charge >= 0.3 is 0 Å². The van der Waals surface area contributed by atoms with Crippen LogP contribution in [0.4, 0.5) is 11.4 Å². The zero-order chi connectivity index (χ0) is 22.9. The summed E-state index contributed by atoms with van der Waals surface area (Å²) in [6.07, 6.45) is 1.78. The molecule has 1 heterocycles. The number of para-hydroxylation sites is 1. The number of carbonyl (C=O) groups is 1. The topological polar surface area (TPSA) is 57.7 Å². The van der Waals surface area contributed by atoms with Gasteiger partial charge in [0, 0.05) is 12.2 Å². The van der Waals surface area contributed by atoms with E-state index in [2.05, 4.69) is 0 Å². The van der Waals surface area contributed by atoms with Gasteiger partial charge in [0.1, 0.15) is 6.54 Å². The summed E-state index contributed by atoms with van der Waals surface area (Å²) in [7, 11) is -3.93. The Hall–Kier alpha value is -3.12. The highest BCUT2D eigenvalue weighted by atomic mass is 32.2. The third-order valence-corrected chi connectivity index (χ3v) is 7.87. The number of anilines is 2. The van der Waals surface area contributed by atoms with Crippen LogP contribution in [0.2, 0.25) is 0 Å². The van der Waals surface area contributed by atoms with E-state index < -0.39 is 10.0 Å². The molecule has 0 saturated carbocycles. The number of amides is 1. The molecule has 1 aliphatic heterocycles. The first-order valence-corrected chi connectivity index (χ1v) is 12.3. The molecule has 0 bridgehead atoms. The van der Waals surface area contributed by atoms with Gasteiger partial charge in [-0.05, 0) is 80.6 Å². The van der Waals surface area contributed by atoms with Crippen LogP contribution in [-0.4, -0.2) is 27.4 Å². The lowest BCUT2D eigenvalue weighted by Gasteiger charge is -2.32. The maximum absolute atomic E-state index is 13.7. The van der Waals surface area contributed by atoms with E-state index in [1.807, 2.05) is 57.2 Å². The highest BCUT2D eigenvalue weighted by molar-refractivity contribution is 7.92. The van der Waals surface area contributed by atoms with Crippen LogP contribution in [0.25, 0.3) is 0 Å². The lowest BCUT2D eigenvalue weighted by Crippen LogP contribution is -2.45. The van der Waals surface area contributed by atoms with Gasteiger partial charge in [-0.15, -0.1) is 0 Å². The smallest absolute Gasteiger partial charge is 0.264 e. The van der Waals surface area contributed by atoms with Gasteiger partial charge in [0.25, 0.3) is 10.0 Å². The van der Waals surface area contributed by atoms with Crippen LogP contribution in [0.15, 0.2) is 71.6 Å². The van der Waals surface area contributed by atoms with Crippen LogP contribution in [0.5, 0.6) is 0 Å². The van der Waals surface area contributed by atoms with E-state index >= 15 is 0 Å². The third kappa shape index (κ3) is 4.28. The Morgan fingerprint density at radius 2 is 1.66 bits per heavy atom. The Morgan fingerprint density at radius 3 is 2.38 bits per heavy atom. The molecule has 166 valence electrons. The molecule has 0 fully saturated rings. The van der Waals surface area contributed by atoms with Crippen LogP contribution >= 0.6 is 0 Å². The summed E-state index contributed by atoms with van der Waals surface area (Å²) < 4.78 is 28.6. The number of sulfonamides is 1. The van der Waals surface area contributed by atoms with E-state index in [9.17, 15) is 13.2 Å². The Labute approximate surface area is 190 Å². The minimum absolute atomic E-state index is 0.174. The average Bonchev–Trinajstić information content (AvgIpc) is 2.79. The van der Waals surface area contributed by atoms with E-state index in [0.29, 0.717) is 12.2 Å². The largest absolute Gasteiger partial charge is 0.311 e. The monoisotopic (exact) mass is 448 g/mol. The minimum atomic E-state index is -3.93. The summed E-state index contributed by atoms with van der Waals surface area (Å²) >= 11 is 0. The molecule has 0 atom stereocenters. The van der Waals surface area contributed by atoms with Crippen molar-refractivity contribution in [1.82, 2.24) is 0 Å². The first kappa shape index (κ1) is 22.1. The molecule has 0 radical (unpaired) electrons. The fourth-order valence-corrected chi connectivity index (χ4v) is 5.44. The van der Waals surface area contributed by atoms with E-state index in [-0.39, 0.29) is 17.3 Å². The first-order valence-electron chi connectivity index (χ1n) is 10.8. The second-order valence-electron chi connectivity index (χ2n) is 8.37. The lowest BCUT2D eigenvalue weighted by atomic mass is 10.0. The molecule has 5 nitrogen and oxygen atoms in total. The van der Waals surface area contributed by atoms with Gasteiger partial charge in [-0.3, -0.25) is 9.10 Å². The van der Waals surface area contributed by atoms with Crippen molar-refractivity contribution in [3.63, 3.8) is 0 Å². The Balaban J connectivity index is 1.74. The Kier molecular flexibility index (Phi) is 6.07. The zero-order valence-electron chi connectivity index (χ0n) is 18.7. The fourth-order valence-electron chi connectivity index (χ4n) is 4.03. The molecule has 3 aromatic carbocycles.